The second-order valence-corrected chi connectivity index (χ2v) is 6.16. The first kappa shape index (κ1) is 21.8. The molecular formula is C16H18F6N4O2. The molecule has 0 radical (unpaired) electrons. The Morgan fingerprint density at radius 3 is 2.21 bits per heavy atom. The van der Waals surface area contributed by atoms with Crippen LogP contribution in [0.2, 0.25) is 0 Å². The van der Waals surface area contributed by atoms with Crippen molar-refractivity contribution in [2.24, 2.45) is 0 Å². The van der Waals surface area contributed by atoms with E-state index in [-0.39, 0.29) is 6.54 Å². The molecule has 2 N–H and O–H groups in total. The standard InChI is InChI=1S/C16H18F6N4O2/c17-15(18,19)10-23-14(28)24-13(27)9-25-4-6-26(7-5-25)12-3-1-2-11(8-12)16(20,21)22/h1-3,8H,4-7,9-10H2,(H2,23,24,27,28). The summed E-state index contributed by atoms with van der Waals surface area (Å²) in [4.78, 5) is 26.3. The zero-order chi connectivity index (χ0) is 20.9. The molecular weight excluding hydrogens is 394 g/mol. The van der Waals surface area contributed by atoms with Gasteiger partial charge in [0, 0.05) is 31.9 Å². The van der Waals surface area contributed by atoms with Gasteiger partial charge >= 0.3 is 18.4 Å². The van der Waals surface area contributed by atoms with Crippen LogP contribution in [0.3, 0.4) is 0 Å². The van der Waals surface area contributed by atoms with E-state index in [0.29, 0.717) is 31.9 Å². The number of hydrogen-bond donors (Lipinski definition) is 2. The Hall–Kier alpha value is -2.50. The van der Waals surface area contributed by atoms with Gasteiger partial charge < -0.3 is 10.2 Å². The molecule has 2 rings (SSSR count). The Morgan fingerprint density at radius 2 is 1.64 bits per heavy atom. The lowest BCUT2D eigenvalue weighted by Crippen LogP contribution is -2.51. The van der Waals surface area contributed by atoms with Gasteiger partial charge in [-0.05, 0) is 18.2 Å². The summed E-state index contributed by atoms with van der Waals surface area (Å²) in [5.41, 5.74) is -0.345. The number of hydrogen-bond acceptors (Lipinski definition) is 4. The monoisotopic (exact) mass is 412 g/mol. The van der Waals surface area contributed by atoms with Gasteiger partial charge in [-0.25, -0.2) is 4.79 Å². The van der Waals surface area contributed by atoms with Gasteiger partial charge in [0.1, 0.15) is 6.54 Å². The van der Waals surface area contributed by atoms with E-state index in [0.717, 1.165) is 12.1 Å². The Morgan fingerprint density at radius 1 is 1.00 bits per heavy atom. The molecule has 0 aromatic heterocycles. The molecule has 28 heavy (non-hydrogen) atoms. The number of piperazine rings is 1. The average molecular weight is 412 g/mol. The van der Waals surface area contributed by atoms with Crippen molar-refractivity contribution < 1.29 is 35.9 Å². The predicted molar refractivity (Wildman–Crippen MR) is 87.7 cm³/mol. The summed E-state index contributed by atoms with van der Waals surface area (Å²) in [6.45, 7) is -0.372. The zero-order valence-corrected chi connectivity index (χ0v) is 14.5. The molecule has 6 nitrogen and oxygen atoms in total. The third-order valence-electron chi connectivity index (χ3n) is 3.98. The van der Waals surface area contributed by atoms with Crippen molar-refractivity contribution in [2.75, 3.05) is 44.2 Å². The molecule has 1 heterocycles. The van der Waals surface area contributed by atoms with Gasteiger partial charge in [-0.15, -0.1) is 0 Å². The lowest BCUT2D eigenvalue weighted by atomic mass is 10.1. The molecule has 0 atom stereocenters. The van der Waals surface area contributed by atoms with Crippen LogP contribution in [0.1, 0.15) is 5.56 Å². The highest BCUT2D eigenvalue weighted by atomic mass is 19.4. The number of rotatable bonds is 4. The minimum atomic E-state index is -4.58. The van der Waals surface area contributed by atoms with E-state index in [4.69, 9.17) is 0 Å². The quantitative estimate of drug-likeness (QED) is 0.745. The Bertz CT molecular complexity index is 699. The van der Waals surface area contributed by atoms with Crippen LogP contribution in [-0.4, -0.2) is 62.3 Å². The van der Waals surface area contributed by atoms with Crippen LogP contribution < -0.4 is 15.5 Å². The smallest absolute Gasteiger partial charge is 0.369 e. The number of nitrogens with one attached hydrogen (secondary N) is 2. The summed E-state index contributed by atoms with van der Waals surface area (Å²) in [7, 11) is 0. The van der Waals surface area contributed by atoms with E-state index in [1.807, 2.05) is 0 Å². The lowest BCUT2D eigenvalue weighted by Gasteiger charge is -2.35. The summed E-state index contributed by atoms with van der Waals surface area (Å²) in [5, 5.41) is 3.32. The number of carbonyl (C=O) groups excluding carboxylic acids is 2. The normalized spacial score (nSPS) is 16.0. The van der Waals surface area contributed by atoms with Gasteiger partial charge in [-0.3, -0.25) is 15.0 Å². The van der Waals surface area contributed by atoms with E-state index < -0.39 is 36.4 Å². The first-order valence-corrected chi connectivity index (χ1v) is 8.23. The van der Waals surface area contributed by atoms with Crippen molar-refractivity contribution >= 4 is 17.6 Å². The second kappa shape index (κ2) is 8.67. The Kier molecular flexibility index (Phi) is 6.75. The summed E-state index contributed by atoms with van der Waals surface area (Å²) in [5.74, 6) is -0.771. The van der Waals surface area contributed by atoms with Crippen LogP contribution in [0.5, 0.6) is 0 Å². The van der Waals surface area contributed by atoms with Crippen molar-refractivity contribution in [3.63, 3.8) is 0 Å². The van der Waals surface area contributed by atoms with Crippen LogP contribution in [0.15, 0.2) is 24.3 Å². The molecule has 1 aromatic rings. The first-order chi connectivity index (χ1) is 12.9. The molecule has 1 aliphatic heterocycles. The van der Waals surface area contributed by atoms with Gasteiger partial charge in [0.05, 0.1) is 12.1 Å². The molecule has 1 aliphatic rings. The maximum Gasteiger partial charge on any atom is 0.416 e. The van der Waals surface area contributed by atoms with Gasteiger partial charge in [0.2, 0.25) is 5.91 Å². The number of imide groups is 1. The number of urea groups is 1. The number of carbonyl (C=O) groups is 2. The maximum absolute atomic E-state index is 12.8. The fraction of sp³-hybridized carbons (Fsp3) is 0.500. The topological polar surface area (TPSA) is 64.7 Å². The van der Waals surface area contributed by atoms with E-state index in [9.17, 15) is 35.9 Å². The fourth-order valence-electron chi connectivity index (χ4n) is 2.64. The third-order valence-corrected chi connectivity index (χ3v) is 3.98. The highest BCUT2D eigenvalue weighted by Gasteiger charge is 2.31. The van der Waals surface area contributed by atoms with Crippen LogP contribution in [0.25, 0.3) is 0 Å². The summed E-state index contributed by atoms with van der Waals surface area (Å²) >= 11 is 0. The number of nitrogens with zero attached hydrogens (tertiary/aromatic N) is 2. The number of halogens is 6. The highest BCUT2D eigenvalue weighted by molar-refractivity contribution is 5.95. The summed E-state index contributed by atoms with van der Waals surface area (Å²) < 4.78 is 74.4. The van der Waals surface area contributed by atoms with E-state index >= 15 is 0 Å². The first-order valence-electron chi connectivity index (χ1n) is 8.23. The number of amides is 3. The van der Waals surface area contributed by atoms with Crippen LogP contribution >= 0.6 is 0 Å². The molecule has 1 fully saturated rings. The van der Waals surface area contributed by atoms with Gasteiger partial charge in [0.25, 0.3) is 0 Å². The SMILES string of the molecule is O=C(CN1CCN(c2cccc(C(F)(F)F)c2)CC1)NC(=O)NCC(F)(F)F. The van der Waals surface area contributed by atoms with Crippen LogP contribution in [-0.2, 0) is 11.0 Å². The molecule has 1 saturated heterocycles. The molecule has 1 aromatic carbocycles. The number of alkyl halides is 6. The van der Waals surface area contributed by atoms with Crippen LogP contribution in [0.4, 0.5) is 36.8 Å². The molecule has 0 bridgehead atoms. The van der Waals surface area contributed by atoms with Gasteiger partial charge in [0.15, 0.2) is 0 Å². The Balaban J connectivity index is 1.79. The van der Waals surface area contributed by atoms with Crippen molar-refractivity contribution in [1.29, 1.82) is 0 Å². The molecule has 0 saturated carbocycles. The molecule has 156 valence electrons. The summed E-state index contributed by atoms with van der Waals surface area (Å²) in [6, 6.07) is 3.66. The van der Waals surface area contributed by atoms with Crippen LogP contribution in [0, 0.1) is 0 Å². The van der Waals surface area contributed by atoms with Crippen molar-refractivity contribution in [2.45, 2.75) is 12.4 Å². The van der Waals surface area contributed by atoms with E-state index in [1.165, 1.54) is 11.4 Å². The molecule has 12 heteroatoms. The molecule has 0 spiro atoms. The second-order valence-electron chi connectivity index (χ2n) is 6.16. The zero-order valence-electron chi connectivity index (χ0n) is 14.5. The minimum absolute atomic E-state index is 0.212. The molecule has 0 unspecified atom stereocenters. The van der Waals surface area contributed by atoms with E-state index in [2.05, 4.69) is 0 Å². The fourth-order valence-corrected chi connectivity index (χ4v) is 2.64. The molecule has 3 amide bonds. The maximum atomic E-state index is 12.8. The lowest BCUT2D eigenvalue weighted by molar-refractivity contribution is -0.137. The number of anilines is 1. The van der Waals surface area contributed by atoms with Gasteiger partial charge in [-0.2, -0.15) is 26.3 Å². The highest BCUT2D eigenvalue weighted by Crippen LogP contribution is 2.31. The average Bonchev–Trinajstić information content (AvgIpc) is 2.59. The summed E-state index contributed by atoms with van der Waals surface area (Å²) in [6.07, 6.45) is -9.03. The van der Waals surface area contributed by atoms with Gasteiger partial charge in [-0.1, -0.05) is 6.07 Å². The Labute approximate surface area is 156 Å². The van der Waals surface area contributed by atoms with Crippen molar-refractivity contribution in [3.05, 3.63) is 29.8 Å². The van der Waals surface area contributed by atoms with Crippen molar-refractivity contribution in [1.82, 2.24) is 15.5 Å². The minimum Gasteiger partial charge on any atom is -0.369 e. The van der Waals surface area contributed by atoms with Crippen molar-refractivity contribution in [3.8, 4) is 0 Å². The van der Waals surface area contributed by atoms with E-state index in [1.54, 1.807) is 21.2 Å². The predicted octanol–water partition coefficient (Wildman–Crippen LogP) is 2.22. The largest absolute Gasteiger partial charge is 0.416 e. The number of benzene rings is 1. The third kappa shape index (κ3) is 6.91. The molecule has 0 aliphatic carbocycles.